The van der Waals surface area contributed by atoms with Crippen LogP contribution >= 0.6 is 0 Å². The second-order valence-electron chi connectivity index (χ2n) is 3.46. The highest BCUT2D eigenvalue weighted by atomic mass is 19.4. The minimum absolute atomic E-state index is 0.0857. The molecule has 0 aliphatic heterocycles. The zero-order valence-electron chi connectivity index (χ0n) is 10.8. The number of aromatic nitrogens is 1. The Labute approximate surface area is 112 Å². The quantitative estimate of drug-likeness (QED) is 0.831. The van der Waals surface area contributed by atoms with Gasteiger partial charge < -0.3 is 19.9 Å². The van der Waals surface area contributed by atoms with Crippen LogP contribution < -0.4 is 15.2 Å². The lowest BCUT2D eigenvalue weighted by Crippen LogP contribution is -2.20. The van der Waals surface area contributed by atoms with Crippen molar-refractivity contribution in [3.8, 4) is 11.5 Å². The summed E-state index contributed by atoms with van der Waals surface area (Å²) in [4.78, 5) is 15.2. The molecule has 0 atom stereocenters. The second kappa shape index (κ2) is 6.42. The van der Waals surface area contributed by atoms with Crippen LogP contribution in [0.25, 0.3) is 0 Å². The Kier molecular flexibility index (Phi) is 5.14. The number of nitrogens with two attached hydrogens (primary N) is 1. The minimum atomic E-state index is -4.90. The summed E-state index contributed by atoms with van der Waals surface area (Å²) >= 11 is 0. The molecule has 0 aromatic carbocycles. The molecule has 112 valence electrons. The van der Waals surface area contributed by atoms with Gasteiger partial charge in [0.25, 0.3) is 0 Å². The third-order valence-corrected chi connectivity index (χ3v) is 2.20. The first-order valence-corrected chi connectivity index (χ1v) is 5.52. The fraction of sp³-hybridized carbons (Fsp3) is 0.455. The van der Waals surface area contributed by atoms with Crippen molar-refractivity contribution in [1.82, 2.24) is 4.98 Å². The van der Waals surface area contributed by atoms with E-state index in [0.29, 0.717) is 0 Å². The Bertz CT molecular complexity index is 491. The van der Waals surface area contributed by atoms with E-state index in [-0.39, 0.29) is 30.2 Å². The number of halogens is 3. The number of alkyl halides is 3. The Morgan fingerprint density at radius 2 is 2.10 bits per heavy atom. The van der Waals surface area contributed by atoms with E-state index in [1.54, 1.807) is 6.92 Å². The Hall–Kier alpha value is -2.03. The maximum atomic E-state index is 12.2. The maximum Gasteiger partial charge on any atom is 0.573 e. The summed E-state index contributed by atoms with van der Waals surface area (Å²) < 4.78 is 50.2. The third-order valence-electron chi connectivity index (χ3n) is 2.20. The van der Waals surface area contributed by atoms with Gasteiger partial charge in [-0.25, -0.2) is 9.78 Å². The summed E-state index contributed by atoms with van der Waals surface area (Å²) in [7, 11) is 1.18. The summed E-state index contributed by atoms with van der Waals surface area (Å²) in [6.07, 6.45) is -4.15. The molecule has 1 aromatic rings. The van der Waals surface area contributed by atoms with Gasteiger partial charge in [0.05, 0.1) is 25.5 Å². The number of hydrogen-bond acceptors (Lipinski definition) is 6. The zero-order chi connectivity index (χ0) is 15.3. The van der Waals surface area contributed by atoms with Gasteiger partial charge in [-0.3, -0.25) is 0 Å². The van der Waals surface area contributed by atoms with Crippen molar-refractivity contribution in [2.45, 2.75) is 19.8 Å². The number of hydrogen-bond donors (Lipinski definition) is 1. The summed E-state index contributed by atoms with van der Waals surface area (Å²) in [6, 6.07) is 0. The van der Waals surface area contributed by atoms with E-state index in [0.717, 1.165) is 6.20 Å². The molecule has 6 nitrogen and oxygen atoms in total. The summed E-state index contributed by atoms with van der Waals surface area (Å²) in [5, 5.41) is 0. The summed E-state index contributed by atoms with van der Waals surface area (Å²) in [5.74, 6) is -1.64. The number of rotatable bonds is 5. The van der Waals surface area contributed by atoms with E-state index in [9.17, 15) is 18.0 Å². The maximum absolute atomic E-state index is 12.2. The van der Waals surface area contributed by atoms with Crippen LogP contribution in [0, 0.1) is 0 Å². The molecule has 1 aromatic heterocycles. The van der Waals surface area contributed by atoms with Gasteiger partial charge >= 0.3 is 12.3 Å². The van der Waals surface area contributed by atoms with E-state index in [1.165, 1.54) is 7.11 Å². The van der Waals surface area contributed by atoms with Gasteiger partial charge in [0.1, 0.15) is 0 Å². The van der Waals surface area contributed by atoms with Crippen LogP contribution in [-0.4, -0.2) is 31.0 Å². The molecule has 0 aliphatic carbocycles. The van der Waals surface area contributed by atoms with Crippen LogP contribution in [0.5, 0.6) is 11.5 Å². The number of esters is 1. The molecule has 0 spiro atoms. The van der Waals surface area contributed by atoms with Gasteiger partial charge in [0.15, 0.2) is 17.2 Å². The standard InChI is InChI=1S/C11H13F3N2O4/c1-3-19-10(17)8-9(18-2)6(4-15)7(5-16-8)20-11(12,13)14/h5H,3-4,15H2,1-2H3. The topological polar surface area (TPSA) is 83.7 Å². The van der Waals surface area contributed by atoms with Gasteiger partial charge in [-0.1, -0.05) is 0 Å². The molecular weight excluding hydrogens is 281 g/mol. The van der Waals surface area contributed by atoms with Crippen LogP contribution in [0.1, 0.15) is 23.0 Å². The first-order chi connectivity index (χ1) is 9.34. The molecule has 9 heteroatoms. The fourth-order valence-corrected chi connectivity index (χ4v) is 1.49. The molecule has 2 N–H and O–H groups in total. The van der Waals surface area contributed by atoms with E-state index in [2.05, 4.69) is 9.72 Å². The van der Waals surface area contributed by atoms with E-state index >= 15 is 0 Å². The Morgan fingerprint density at radius 1 is 1.45 bits per heavy atom. The Morgan fingerprint density at radius 3 is 2.55 bits per heavy atom. The summed E-state index contributed by atoms with van der Waals surface area (Å²) in [6.45, 7) is 1.33. The predicted molar refractivity (Wildman–Crippen MR) is 61.3 cm³/mol. The molecule has 1 rings (SSSR count). The second-order valence-corrected chi connectivity index (χ2v) is 3.46. The first-order valence-electron chi connectivity index (χ1n) is 5.52. The van der Waals surface area contributed by atoms with Crippen molar-refractivity contribution in [3.05, 3.63) is 17.5 Å². The third kappa shape index (κ3) is 3.73. The molecule has 0 saturated heterocycles. The monoisotopic (exact) mass is 294 g/mol. The molecule has 0 fully saturated rings. The van der Waals surface area contributed by atoms with Gasteiger partial charge in [-0.2, -0.15) is 0 Å². The molecule has 0 amide bonds. The number of carbonyl (C=O) groups is 1. The van der Waals surface area contributed by atoms with Gasteiger partial charge in [0.2, 0.25) is 0 Å². The van der Waals surface area contributed by atoms with Gasteiger partial charge in [0, 0.05) is 6.54 Å². The number of methoxy groups -OCH3 is 1. The molecule has 0 bridgehead atoms. The fourth-order valence-electron chi connectivity index (χ4n) is 1.49. The molecule has 1 heterocycles. The van der Waals surface area contributed by atoms with Crippen LogP contribution in [0.15, 0.2) is 6.20 Å². The van der Waals surface area contributed by atoms with Crippen LogP contribution in [0.3, 0.4) is 0 Å². The smallest absolute Gasteiger partial charge is 0.494 e. The van der Waals surface area contributed by atoms with Crippen LogP contribution in [-0.2, 0) is 11.3 Å². The molecule has 0 saturated carbocycles. The number of nitrogens with zero attached hydrogens (tertiary/aromatic N) is 1. The highest BCUT2D eigenvalue weighted by molar-refractivity contribution is 5.91. The highest BCUT2D eigenvalue weighted by Gasteiger charge is 2.34. The normalized spacial score (nSPS) is 11.1. The van der Waals surface area contributed by atoms with Crippen molar-refractivity contribution in [2.75, 3.05) is 13.7 Å². The Balaban J connectivity index is 3.29. The van der Waals surface area contributed by atoms with Crippen LogP contribution in [0.2, 0.25) is 0 Å². The largest absolute Gasteiger partial charge is 0.573 e. The summed E-state index contributed by atoms with van der Waals surface area (Å²) in [5.41, 5.74) is 5.00. The molecule has 20 heavy (non-hydrogen) atoms. The number of pyridine rings is 1. The first kappa shape index (κ1) is 16.0. The zero-order valence-corrected chi connectivity index (χ0v) is 10.8. The van der Waals surface area contributed by atoms with Crippen molar-refractivity contribution in [1.29, 1.82) is 0 Å². The lowest BCUT2D eigenvalue weighted by molar-refractivity contribution is -0.275. The highest BCUT2D eigenvalue weighted by Crippen LogP contribution is 2.33. The van der Waals surface area contributed by atoms with Crippen molar-refractivity contribution in [2.24, 2.45) is 5.73 Å². The average molecular weight is 294 g/mol. The molecule has 0 aliphatic rings. The van der Waals surface area contributed by atoms with Gasteiger partial charge in [-0.15, -0.1) is 13.2 Å². The SMILES string of the molecule is CCOC(=O)c1ncc(OC(F)(F)F)c(CN)c1OC. The van der Waals surface area contributed by atoms with Crippen molar-refractivity contribution in [3.63, 3.8) is 0 Å². The van der Waals surface area contributed by atoms with Crippen molar-refractivity contribution < 1.29 is 32.2 Å². The van der Waals surface area contributed by atoms with Crippen molar-refractivity contribution >= 4 is 5.97 Å². The molecule has 0 unspecified atom stereocenters. The molecular formula is C11H13F3N2O4. The average Bonchev–Trinajstić information content (AvgIpc) is 2.36. The lowest BCUT2D eigenvalue weighted by Gasteiger charge is -2.16. The van der Waals surface area contributed by atoms with Gasteiger partial charge in [-0.05, 0) is 6.92 Å². The van der Waals surface area contributed by atoms with E-state index in [4.69, 9.17) is 15.2 Å². The van der Waals surface area contributed by atoms with E-state index < -0.39 is 18.1 Å². The molecule has 0 radical (unpaired) electrons. The predicted octanol–water partition coefficient (Wildman–Crippen LogP) is 1.62. The lowest BCUT2D eigenvalue weighted by atomic mass is 10.1. The number of carbonyl (C=O) groups excluding carboxylic acids is 1. The van der Waals surface area contributed by atoms with E-state index in [1.807, 2.05) is 0 Å². The minimum Gasteiger partial charge on any atom is -0.494 e. The number of ether oxygens (including phenoxy) is 3. The van der Waals surface area contributed by atoms with Crippen LogP contribution in [0.4, 0.5) is 13.2 Å².